The van der Waals surface area contributed by atoms with Crippen LogP contribution in [0.4, 0.5) is 0 Å². The fourth-order valence-corrected chi connectivity index (χ4v) is 4.66. The van der Waals surface area contributed by atoms with Gasteiger partial charge < -0.3 is 0 Å². The molecule has 0 amide bonds. The van der Waals surface area contributed by atoms with Gasteiger partial charge in [-0.2, -0.15) is 0 Å². The summed E-state index contributed by atoms with van der Waals surface area (Å²) in [7, 11) is 1.84. The molecule has 3 rings (SSSR count). The summed E-state index contributed by atoms with van der Waals surface area (Å²) in [5.74, 6) is 0. The highest BCUT2D eigenvalue weighted by atomic mass is 35.7. The molecule has 1 heterocycles. The second kappa shape index (κ2) is 5.90. The fourth-order valence-electron chi connectivity index (χ4n) is 3.87. The molecular weight excluding hydrogens is 306 g/mol. The maximum absolute atomic E-state index is 11.6. The molecule has 0 bridgehead atoms. The Kier molecular flexibility index (Phi) is 4.30. The van der Waals surface area contributed by atoms with Gasteiger partial charge in [-0.25, -0.2) is 8.42 Å². The molecule has 116 valence electrons. The van der Waals surface area contributed by atoms with Crippen molar-refractivity contribution in [1.82, 2.24) is 4.90 Å². The number of hydrogen-bond donors (Lipinski definition) is 0. The lowest BCUT2D eigenvalue weighted by Crippen LogP contribution is -2.42. The van der Waals surface area contributed by atoms with Crippen LogP contribution in [0.15, 0.2) is 23.1 Å². The highest BCUT2D eigenvalue weighted by molar-refractivity contribution is 8.13. The van der Waals surface area contributed by atoms with Crippen LogP contribution in [0.3, 0.4) is 0 Å². The molecule has 5 heteroatoms. The van der Waals surface area contributed by atoms with Crippen molar-refractivity contribution < 1.29 is 8.42 Å². The molecule has 21 heavy (non-hydrogen) atoms. The van der Waals surface area contributed by atoms with Crippen LogP contribution in [0.25, 0.3) is 0 Å². The Balaban J connectivity index is 1.90. The van der Waals surface area contributed by atoms with Crippen LogP contribution in [0, 0.1) is 0 Å². The summed E-state index contributed by atoms with van der Waals surface area (Å²) in [5, 5.41) is 0. The van der Waals surface area contributed by atoms with Crippen LogP contribution in [-0.4, -0.2) is 25.9 Å². The largest absolute Gasteiger partial charge is 0.293 e. The number of rotatable bonds is 2. The monoisotopic (exact) mass is 327 g/mol. The average molecular weight is 328 g/mol. The smallest absolute Gasteiger partial charge is 0.261 e. The number of nitrogens with zero attached hydrogens (tertiary/aromatic N) is 1. The molecule has 0 spiro atoms. The van der Waals surface area contributed by atoms with Crippen LogP contribution >= 0.6 is 10.7 Å². The van der Waals surface area contributed by atoms with Gasteiger partial charge in [-0.3, -0.25) is 4.90 Å². The summed E-state index contributed by atoms with van der Waals surface area (Å²) in [6, 6.07) is 6.26. The molecule has 1 aromatic rings. The summed E-state index contributed by atoms with van der Waals surface area (Å²) in [6.45, 7) is 3.27. The van der Waals surface area contributed by atoms with Crippen LogP contribution in [0.2, 0.25) is 0 Å². The lowest BCUT2D eigenvalue weighted by molar-refractivity contribution is 0.104. The number of hydrogen-bond acceptors (Lipinski definition) is 3. The van der Waals surface area contributed by atoms with Gasteiger partial charge in [-0.1, -0.05) is 25.3 Å². The number of benzene rings is 1. The fraction of sp³-hybridized carbons (Fsp3) is 0.625. The summed E-state index contributed by atoms with van der Waals surface area (Å²) in [4.78, 5) is 2.78. The Labute approximate surface area is 131 Å². The van der Waals surface area contributed by atoms with Gasteiger partial charge in [0.1, 0.15) is 0 Å². The van der Waals surface area contributed by atoms with E-state index in [1.165, 1.54) is 37.7 Å². The molecule has 2 aliphatic rings. The first kappa shape index (κ1) is 15.3. The Bertz CT molecular complexity index is 623. The zero-order chi connectivity index (χ0) is 15.0. The van der Waals surface area contributed by atoms with E-state index in [-0.39, 0.29) is 10.9 Å². The molecule has 1 aliphatic heterocycles. The van der Waals surface area contributed by atoms with Crippen molar-refractivity contribution in [3.8, 4) is 0 Å². The summed E-state index contributed by atoms with van der Waals surface area (Å²) in [5.41, 5.74) is 2.40. The molecule has 3 nitrogen and oxygen atoms in total. The quantitative estimate of drug-likeness (QED) is 0.774. The van der Waals surface area contributed by atoms with E-state index in [1.807, 2.05) is 6.07 Å². The van der Waals surface area contributed by atoms with Crippen LogP contribution in [-0.2, 0) is 15.5 Å². The lowest BCUT2D eigenvalue weighted by Gasteiger charge is -2.42. The minimum absolute atomic E-state index is 0.222. The predicted octanol–water partition coefficient (Wildman–Crippen LogP) is 3.87. The lowest BCUT2D eigenvalue weighted by atomic mass is 9.88. The highest BCUT2D eigenvalue weighted by Crippen LogP contribution is 2.36. The van der Waals surface area contributed by atoms with Gasteiger partial charge in [0, 0.05) is 29.3 Å². The first-order valence-electron chi connectivity index (χ1n) is 7.80. The van der Waals surface area contributed by atoms with Gasteiger partial charge in [0.15, 0.2) is 0 Å². The van der Waals surface area contributed by atoms with E-state index in [0.717, 1.165) is 18.5 Å². The van der Waals surface area contributed by atoms with Crippen molar-refractivity contribution in [3.63, 3.8) is 0 Å². The van der Waals surface area contributed by atoms with E-state index >= 15 is 0 Å². The van der Waals surface area contributed by atoms with Crippen molar-refractivity contribution in [2.24, 2.45) is 0 Å². The molecule has 0 radical (unpaired) electrons. The Morgan fingerprint density at radius 3 is 2.57 bits per heavy atom. The molecule has 1 fully saturated rings. The molecule has 0 saturated heterocycles. The summed E-state index contributed by atoms with van der Waals surface area (Å²) in [6.07, 6.45) is 7.52. The van der Waals surface area contributed by atoms with E-state index < -0.39 is 9.05 Å². The molecule has 0 aromatic heterocycles. The molecule has 1 atom stereocenters. The Morgan fingerprint density at radius 2 is 1.90 bits per heavy atom. The SMILES string of the molecule is CC1c2cc(S(=O)(=O)Cl)ccc2CCN1C1CCCCC1. The Morgan fingerprint density at radius 1 is 1.19 bits per heavy atom. The second-order valence-corrected chi connectivity index (χ2v) is 8.82. The topological polar surface area (TPSA) is 37.4 Å². The highest BCUT2D eigenvalue weighted by Gasteiger charge is 2.31. The zero-order valence-electron chi connectivity index (χ0n) is 12.4. The summed E-state index contributed by atoms with van der Waals surface area (Å²) >= 11 is 0. The zero-order valence-corrected chi connectivity index (χ0v) is 14.0. The first-order chi connectivity index (χ1) is 9.97. The number of fused-ring (bicyclic) bond motifs is 1. The first-order valence-corrected chi connectivity index (χ1v) is 10.1. The van der Waals surface area contributed by atoms with Crippen molar-refractivity contribution >= 4 is 19.7 Å². The molecule has 1 unspecified atom stereocenters. The molecule has 1 saturated carbocycles. The van der Waals surface area contributed by atoms with E-state index in [4.69, 9.17) is 10.7 Å². The van der Waals surface area contributed by atoms with E-state index in [0.29, 0.717) is 6.04 Å². The van der Waals surface area contributed by atoms with Gasteiger partial charge in [0.05, 0.1) is 4.90 Å². The van der Waals surface area contributed by atoms with Gasteiger partial charge in [0.2, 0.25) is 0 Å². The third-order valence-corrected chi connectivity index (χ3v) is 6.38. The molecular formula is C16H22ClNO2S. The molecule has 1 aliphatic carbocycles. The van der Waals surface area contributed by atoms with Gasteiger partial charge >= 0.3 is 0 Å². The maximum Gasteiger partial charge on any atom is 0.261 e. The van der Waals surface area contributed by atoms with Crippen molar-refractivity contribution in [2.45, 2.75) is 62.4 Å². The second-order valence-electron chi connectivity index (χ2n) is 6.25. The third kappa shape index (κ3) is 3.13. The van der Waals surface area contributed by atoms with Gasteiger partial charge in [-0.15, -0.1) is 0 Å². The third-order valence-electron chi connectivity index (χ3n) is 5.03. The van der Waals surface area contributed by atoms with Crippen molar-refractivity contribution in [3.05, 3.63) is 29.3 Å². The van der Waals surface area contributed by atoms with Gasteiger partial charge in [-0.05, 0) is 49.4 Å². The van der Waals surface area contributed by atoms with Crippen LogP contribution in [0.1, 0.15) is 56.2 Å². The van der Waals surface area contributed by atoms with Crippen LogP contribution in [0.5, 0.6) is 0 Å². The molecule has 0 N–H and O–H groups in total. The minimum Gasteiger partial charge on any atom is -0.293 e. The maximum atomic E-state index is 11.6. The summed E-state index contributed by atoms with van der Waals surface area (Å²) < 4.78 is 23.1. The Hall–Kier alpha value is -0.580. The van der Waals surface area contributed by atoms with E-state index in [2.05, 4.69) is 11.8 Å². The normalized spacial score (nSPS) is 24.8. The minimum atomic E-state index is -3.65. The standard InChI is InChI=1S/C16H22ClNO2S/c1-12-16-11-15(21(17,19)20)8-7-13(16)9-10-18(12)14-5-3-2-4-6-14/h7-8,11-12,14H,2-6,9-10H2,1H3. The predicted molar refractivity (Wildman–Crippen MR) is 85.2 cm³/mol. The van der Waals surface area contributed by atoms with Crippen LogP contribution < -0.4 is 0 Å². The van der Waals surface area contributed by atoms with E-state index in [9.17, 15) is 8.42 Å². The number of halogens is 1. The van der Waals surface area contributed by atoms with Crippen molar-refractivity contribution in [1.29, 1.82) is 0 Å². The average Bonchev–Trinajstić information content (AvgIpc) is 2.47. The molecule has 1 aromatic carbocycles. The van der Waals surface area contributed by atoms with Crippen molar-refractivity contribution in [2.75, 3.05) is 6.54 Å². The van der Waals surface area contributed by atoms with E-state index in [1.54, 1.807) is 12.1 Å². The van der Waals surface area contributed by atoms with Gasteiger partial charge in [0.25, 0.3) is 9.05 Å².